The molecule has 3 aromatic heterocycles. The normalized spacial score (nSPS) is 17.6. The molecule has 0 N–H and O–H groups in total. The lowest BCUT2D eigenvalue weighted by molar-refractivity contribution is -0.137. The number of nitrogens with zero attached hydrogens (tertiary/aromatic N) is 4. The van der Waals surface area contributed by atoms with Gasteiger partial charge in [-0.1, -0.05) is 0 Å². The van der Waals surface area contributed by atoms with E-state index in [0.29, 0.717) is 19.6 Å². The number of amides is 1. The van der Waals surface area contributed by atoms with E-state index in [1.807, 2.05) is 0 Å². The van der Waals surface area contributed by atoms with Crippen LogP contribution >= 0.6 is 0 Å². The molecule has 7 nitrogen and oxygen atoms in total. The number of carbonyl (C=O) groups excluding carboxylic acids is 1. The third-order valence-corrected chi connectivity index (χ3v) is 4.62. The van der Waals surface area contributed by atoms with E-state index in [0.717, 1.165) is 23.1 Å². The number of likely N-dealkylation sites (N-methyl/N-ethyl adjacent to an activating group) is 1. The number of oxazole rings is 1. The van der Waals surface area contributed by atoms with Crippen LogP contribution in [0.3, 0.4) is 0 Å². The van der Waals surface area contributed by atoms with Crippen LogP contribution in [-0.4, -0.2) is 51.5 Å². The van der Waals surface area contributed by atoms with Crippen molar-refractivity contribution in [1.29, 1.82) is 0 Å². The Morgan fingerprint density at radius 2 is 2.19 bits per heavy atom. The van der Waals surface area contributed by atoms with E-state index in [1.54, 1.807) is 7.05 Å². The average Bonchev–Trinajstić information content (AvgIpc) is 3.40. The molecule has 3 aromatic rings. The van der Waals surface area contributed by atoms with Crippen molar-refractivity contribution in [1.82, 2.24) is 19.3 Å². The Kier molecular flexibility index (Phi) is 4.14. The summed E-state index contributed by atoms with van der Waals surface area (Å²) in [6.07, 6.45) is 0.635. The smallest absolute Gasteiger partial charge is 0.417 e. The van der Waals surface area contributed by atoms with Crippen molar-refractivity contribution in [3.8, 4) is 11.3 Å². The highest BCUT2D eigenvalue weighted by atomic mass is 19.4. The zero-order valence-corrected chi connectivity index (χ0v) is 14.2. The standard InChI is InChI=1S/C17H15F3N4O3/c1-23(11-2-3-26-8-11)16(25)13-5-22-15-12(14-6-21-9-27-14)4-10(7-24(13)15)17(18,19)20/h4-7,9,11H,2-3,8H2,1H3/t11-/m0/s1. The van der Waals surface area contributed by atoms with Crippen molar-refractivity contribution < 1.29 is 27.1 Å². The monoisotopic (exact) mass is 380 g/mol. The SMILES string of the molecule is CN(C(=O)c1cnc2c(-c3cnco3)cc(C(F)(F)F)cn12)[C@H]1CCOC1. The fourth-order valence-electron chi connectivity index (χ4n) is 3.10. The number of fused-ring (bicyclic) bond motifs is 1. The first-order chi connectivity index (χ1) is 12.9. The Morgan fingerprint density at radius 1 is 1.37 bits per heavy atom. The van der Waals surface area contributed by atoms with E-state index in [2.05, 4.69) is 9.97 Å². The van der Waals surface area contributed by atoms with E-state index in [-0.39, 0.29) is 28.7 Å². The van der Waals surface area contributed by atoms with Gasteiger partial charge in [-0.05, 0) is 12.5 Å². The van der Waals surface area contributed by atoms with Gasteiger partial charge in [-0.15, -0.1) is 0 Å². The lowest BCUT2D eigenvalue weighted by Gasteiger charge is -2.23. The first kappa shape index (κ1) is 17.5. The number of carbonyl (C=O) groups is 1. The Balaban J connectivity index is 1.85. The molecule has 142 valence electrons. The topological polar surface area (TPSA) is 72.9 Å². The molecule has 0 unspecified atom stereocenters. The molecule has 0 saturated carbocycles. The third kappa shape index (κ3) is 3.05. The minimum atomic E-state index is -4.60. The summed E-state index contributed by atoms with van der Waals surface area (Å²) in [6.45, 7) is 0.944. The minimum Gasteiger partial charge on any atom is -0.443 e. The maximum Gasteiger partial charge on any atom is 0.417 e. The fourth-order valence-corrected chi connectivity index (χ4v) is 3.10. The Labute approximate surface area is 151 Å². The van der Waals surface area contributed by atoms with Gasteiger partial charge >= 0.3 is 6.18 Å². The van der Waals surface area contributed by atoms with Crippen LogP contribution in [0.2, 0.25) is 0 Å². The summed E-state index contributed by atoms with van der Waals surface area (Å²) in [4.78, 5) is 22.2. The van der Waals surface area contributed by atoms with Crippen LogP contribution in [0.1, 0.15) is 22.5 Å². The largest absolute Gasteiger partial charge is 0.443 e. The molecule has 0 aromatic carbocycles. The van der Waals surface area contributed by atoms with Gasteiger partial charge in [-0.2, -0.15) is 13.2 Å². The maximum atomic E-state index is 13.4. The van der Waals surface area contributed by atoms with Crippen LogP contribution < -0.4 is 0 Å². The molecule has 0 aliphatic carbocycles. The van der Waals surface area contributed by atoms with Crippen molar-refractivity contribution in [3.05, 3.63) is 42.3 Å². The van der Waals surface area contributed by atoms with Gasteiger partial charge in [0.15, 0.2) is 12.2 Å². The quantitative estimate of drug-likeness (QED) is 0.699. The molecule has 27 heavy (non-hydrogen) atoms. The number of halogens is 3. The summed E-state index contributed by atoms with van der Waals surface area (Å²) in [7, 11) is 1.60. The molecule has 0 spiro atoms. The zero-order chi connectivity index (χ0) is 19.2. The van der Waals surface area contributed by atoms with Gasteiger partial charge in [0, 0.05) is 19.9 Å². The first-order valence-electron chi connectivity index (χ1n) is 8.18. The highest BCUT2D eigenvalue weighted by Gasteiger charge is 2.34. The highest BCUT2D eigenvalue weighted by Crippen LogP contribution is 2.34. The summed E-state index contributed by atoms with van der Waals surface area (Å²) < 4.78 is 51.7. The number of ether oxygens (including phenoxy) is 1. The van der Waals surface area contributed by atoms with Crippen LogP contribution in [0.25, 0.3) is 17.0 Å². The zero-order valence-electron chi connectivity index (χ0n) is 14.2. The van der Waals surface area contributed by atoms with Crippen molar-refractivity contribution in [2.45, 2.75) is 18.6 Å². The number of hydrogen-bond acceptors (Lipinski definition) is 5. The number of imidazole rings is 1. The summed E-state index contributed by atoms with van der Waals surface area (Å²) in [6, 6.07) is 0.814. The summed E-state index contributed by atoms with van der Waals surface area (Å²) in [5, 5.41) is 0. The summed E-state index contributed by atoms with van der Waals surface area (Å²) in [5.74, 6) is -0.297. The molecular formula is C17H15F3N4O3. The molecule has 0 radical (unpaired) electrons. The van der Waals surface area contributed by atoms with Crippen molar-refractivity contribution >= 4 is 11.6 Å². The van der Waals surface area contributed by atoms with Gasteiger partial charge in [-0.25, -0.2) is 9.97 Å². The number of rotatable bonds is 3. The van der Waals surface area contributed by atoms with Crippen LogP contribution in [0.4, 0.5) is 13.2 Å². The van der Waals surface area contributed by atoms with Crippen LogP contribution in [0.5, 0.6) is 0 Å². The fraction of sp³-hybridized carbons (Fsp3) is 0.353. The molecule has 1 amide bonds. The van der Waals surface area contributed by atoms with Crippen molar-refractivity contribution in [3.63, 3.8) is 0 Å². The molecule has 1 aliphatic rings. The predicted molar refractivity (Wildman–Crippen MR) is 87.0 cm³/mol. The molecule has 10 heteroatoms. The van der Waals surface area contributed by atoms with Crippen molar-refractivity contribution in [2.75, 3.05) is 20.3 Å². The minimum absolute atomic E-state index is 0.0336. The molecule has 4 rings (SSSR count). The molecule has 1 aliphatic heterocycles. The Hall–Kier alpha value is -2.88. The molecule has 1 atom stereocenters. The van der Waals surface area contributed by atoms with E-state index in [1.165, 1.54) is 17.3 Å². The van der Waals surface area contributed by atoms with Gasteiger partial charge in [0.1, 0.15) is 11.3 Å². The van der Waals surface area contributed by atoms with E-state index in [9.17, 15) is 18.0 Å². The average molecular weight is 380 g/mol. The molecule has 4 heterocycles. The summed E-state index contributed by atoms with van der Waals surface area (Å²) >= 11 is 0. The van der Waals surface area contributed by atoms with E-state index >= 15 is 0 Å². The number of alkyl halides is 3. The number of pyridine rings is 1. The second kappa shape index (κ2) is 6.38. The number of aromatic nitrogens is 3. The third-order valence-electron chi connectivity index (χ3n) is 4.62. The number of hydrogen-bond donors (Lipinski definition) is 0. The van der Waals surface area contributed by atoms with Gasteiger partial charge in [0.2, 0.25) is 0 Å². The lowest BCUT2D eigenvalue weighted by Crippen LogP contribution is -2.37. The maximum absolute atomic E-state index is 13.4. The van der Waals surface area contributed by atoms with Crippen LogP contribution in [0.15, 0.2) is 35.5 Å². The summed E-state index contributed by atoms with van der Waals surface area (Å²) in [5.41, 5.74) is -0.598. The van der Waals surface area contributed by atoms with Gasteiger partial charge in [-0.3, -0.25) is 9.20 Å². The molecule has 1 fully saturated rings. The van der Waals surface area contributed by atoms with E-state index < -0.39 is 17.6 Å². The molecule has 1 saturated heterocycles. The molecule has 0 bridgehead atoms. The van der Waals surface area contributed by atoms with Gasteiger partial charge < -0.3 is 14.1 Å². The second-order valence-electron chi connectivity index (χ2n) is 6.28. The predicted octanol–water partition coefficient (Wildman–Crippen LogP) is 2.87. The van der Waals surface area contributed by atoms with Gasteiger partial charge in [0.25, 0.3) is 5.91 Å². The highest BCUT2D eigenvalue weighted by molar-refractivity contribution is 5.94. The Bertz CT molecular complexity index is 975. The lowest BCUT2D eigenvalue weighted by atomic mass is 10.1. The second-order valence-corrected chi connectivity index (χ2v) is 6.28. The van der Waals surface area contributed by atoms with Gasteiger partial charge in [0.05, 0.1) is 36.2 Å². The Morgan fingerprint density at radius 3 is 2.81 bits per heavy atom. The molecular weight excluding hydrogens is 365 g/mol. The van der Waals surface area contributed by atoms with E-state index in [4.69, 9.17) is 9.15 Å². The van der Waals surface area contributed by atoms with Crippen LogP contribution in [0, 0.1) is 0 Å². The van der Waals surface area contributed by atoms with Crippen LogP contribution in [-0.2, 0) is 10.9 Å². The van der Waals surface area contributed by atoms with Crippen molar-refractivity contribution in [2.24, 2.45) is 0 Å². The first-order valence-corrected chi connectivity index (χ1v) is 8.18.